The molecule has 1 aliphatic heterocycles. The zero-order chi connectivity index (χ0) is 10.5. The van der Waals surface area contributed by atoms with Crippen molar-refractivity contribution < 1.29 is 4.74 Å². The molecule has 1 N–H and O–H groups in total. The van der Waals surface area contributed by atoms with Gasteiger partial charge in [0.05, 0.1) is 17.6 Å². The Kier molecular flexibility index (Phi) is 4.44. The summed E-state index contributed by atoms with van der Waals surface area (Å²) in [7, 11) is 0. The number of nitrogens with one attached hydrogen (secondary N) is 1. The molecule has 1 fully saturated rings. The van der Waals surface area contributed by atoms with Gasteiger partial charge in [-0.1, -0.05) is 18.0 Å². The maximum Gasteiger partial charge on any atom is 0.0932 e. The van der Waals surface area contributed by atoms with Crippen LogP contribution in [0.25, 0.3) is 0 Å². The zero-order valence-corrected chi connectivity index (χ0v) is 10.2. The van der Waals surface area contributed by atoms with Crippen molar-refractivity contribution in [2.75, 3.05) is 13.2 Å². The predicted octanol–water partition coefficient (Wildman–Crippen LogP) is 3.06. The van der Waals surface area contributed by atoms with Gasteiger partial charge in [-0.05, 0) is 31.5 Å². The van der Waals surface area contributed by atoms with Gasteiger partial charge < -0.3 is 10.1 Å². The van der Waals surface area contributed by atoms with E-state index in [1.54, 1.807) is 11.3 Å². The van der Waals surface area contributed by atoms with Crippen LogP contribution in [0.2, 0.25) is 4.34 Å². The number of thiophene rings is 1. The first-order valence-corrected chi connectivity index (χ1v) is 6.59. The fourth-order valence-corrected chi connectivity index (χ4v) is 2.82. The van der Waals surface area contributed by atoms with Crippen LogP contribution >= 0.6 is 22.9 Å². The van der Waals surface area contributed by atoms with Gasteiger partial charge in [0.25, 0.3) is 0 Å². The lowest BCUT2D eigenvalue weighted by Crippen LogP contribution is -2.37. The molecule has 1 aliphatic rings. The van der Waals surface area contributed by atoms with Gasteiger partial charge in [-0.15, -0.1) is 11.3 Å². The zero-order valence-electron chi connectivity index (χ0n) is 8.67. The van der Waals surface area contributed by atoms with Crippen LogP contribution in [0.3, 0.4) is 0 Å². The molecule has 2 nitrogen and oxygen atoms in total. The van der Waals surface area contributed by atoms with Crippen molar-refractivity contribution in [3.05, 3.63) is 21.3 Å². The van der Waals surface area contributed by atoms with Gasteiger partial charge >= 0.3 is 0 Å². The first-order chi connectivity index (χ1) is 7.34. The van der Waals surface area contributed by atoms with E-state index in [9.17, 15) is 0 Å². The molecule has 0 bridgehead atoms. The van der Waals surface area contributed by atoms with Gasteiger partial charge in [-0.25, -0.2) is 0 Å². The first-order valence-electron chi connectivity index (χ1n) is 5.40. The number of halogens is 1. The summed E-state index contributed by atoms with van der Waals surface area (Å²) in [6.45, 7) is 2.64. The highest BCUT2D eigenvalue weighted by atomic mass is 35.5. The van der Waals surface area contributed by atoms with Crippen LogP contribution in [0.1, 0.15) is 24.1 Å². The molecule has 2 heterocycles. The molecule has 0 saturated carbocycles. The van der Waals surface area contributed by atoms with E-state index in [0.29, 0.717) is 12.6 Å². The van der Waals surface area contributed by atoms with E-state index >= 15 is 0 Å². The Labute approximate surface area is 99.6 Å². The maximum absolute atomic E-state index is 5.84. The van der Waals surface area contributed by atoms with Crippen molar-refractivity contribution >= 4 is 22.9 Å². The van der Waals surface area contributed by atoms with Crippen molar-refractivity contribution in [3.8, 4) is 0 Å². The maximum atomic E-state index is 5.84. The summed E-state index contributed by atoms with van der Waals surface area (Å²) in [6, 6.07) is 4.50. The van der Waals surface area contributed by atoms with E-state index in [0.717, 1.165) is 17.5 Å². The quantitative estimate of drug-likeness (QED) is 0.881. The Balaban J connectivity index is 1.65. The number of ether oxygens (including phenoxy) is 1. The van der Waals surface area contributed by atoms with Crippen LogP contribution in [0.5, 0.6) is 0 Å². The largest absolute Gasteiger partial charge is 0.374 e. The molecular weight excluding hydrogens is 230 g/mol. The molecule has 2 rings (SSSR count). The minimum absolute atomic E-state index is 0.550. The molecule has 1 unspecified atom stereocenters. The molecule has 4 heteroatoms. The van der Waals surface area contributed by atoms with Gasteiger partial charge in [-0.2, -0.15) is 0 Å². The molecule has 1 atom stereocenters. The minimum Gasteiger partial charge on any atom is -0.374 e. The minimum atomic E-state index is 0.550. The summed E-state index contributed by atoms with van der Waals surface area (Å²) in [6.07, 6.45) is 3.87. The summed E-state index contributed by atoms with van der Waals surface area (Å²) >= 11 is 7.43. The van der Waals surface area contributed by atoms with E-state index in [1.165, 1.54) is 24.1 Å². The van der Waals surface area contributed by atoms with Crippen LogP contribution in [0, 0.1) is 0 Å². The smallest absolute Gasteiger partial charge is 0.0932 e. The Morgan fingerprint density at radius 1 is 1.47 bits per heavy atom. The first kappa shape index (κ1) is 11.4. The number of hydrogen-bond acceptors (Lipinski definition) is 3. The molecule has 1 saturated heterocycles. The van der Waals surface area contributed by atoms with Crippen molar-refractivity contribution in [1.29, 1.82) is 0 Å². The van der Waals surface area contributed by atoms with Crippen LogP contribution in [0.4, 0.5) is 0 Å². The normalized spacial score (nSPS) is 21.8. The van der Waals surface area contributed by atoms with E-state index in [4.69, 9.17) is 16.3 Å². The third-order valence-electron chi connectivity index (χ3n) is 2.60. The fourth-order valence-electron chi connectivity index (χ4n) is 1.80. The third-order valence-corrected chi connectivity index (χ3v) is 3.81. The third kappa shape index (κ3) is 3.76. The Morgan fingerprint density at radius 2 is 2.40 bits per heavy atom. The molecule has 0 amide bonds. The number of hydrogen-bond donors (Lipinski definition) is 1. The van der Waals surface area contributed by atoms with E-state index < -0.39 is 0 Å². The van der Waals surface area contributed by atoms with Crippen molar-refractivity contribution in [1.82, 2.24) is 5.32 Å². The van der Waals surface area contributed by atoms with Gasteiger partial charge in [0.2, 0.25) is 0 Å². The second-order valence-corrected chi connectivity index (χ2v) is 5.67. The number of piperidine rings is 1. The molecule has 84 valence electrons. The second kappa shape index (κ2) is 5.85. The Morgan fingerprint density at radius 3 is 3.07 bits per heavy atom. The van der Waals surface area contributed by atoms with Gasteiger partial charge in [-0.3, -0.25) is 0 Å². The molecule has 0 radical (unpaired) electrons. The van der Waals surface area contributed by atoms with Gasteiger partial charge in [0.15, 0.2) is 0 Å². The topological polar surface area (TPSA) is 21.3 Å². The summed E-state index contributed by atoms with van der Waals surface area (Å²) in [5.41, 5.74) is 0. The molecule has 15 heavy (non-hydrogen) atoms. The van der Waals surface area contributed by atoms with E-state index in [-0.39, 0.29) is 0 Å². The molecule has 1 aromatic heterocycles. The lowest BCUT2D eigenvalue weighted by Gasteiger charge is -2.22. The highest BCUT2D eigenvalue weighted by Gasteiger charge is 2.12. The average Bonchev–Trinajstić information content (AvgIpc) is 2.66. The van der Waals surface area contributed by atoms with Crippen LogP contribution < -0.4 is 5.32 Å². The van der Waals surface area contributed by atoms with Crippen LogP contribution in [-0.4, -0.2) is 19.2 Å². The molecule has 0 spiro atoms. The second-order valence-electron chi connectivity index (χ2n) is 3.87. The summed E-state index contributed by atoms with van der Waals surface area (Å²) in [5.74, 6) is 0. The van der Waals surface area contributed by atoms with Crippen molar-refractivity contribution in [2.45, 2.75) is 31.9 Å². The van der Waals surface area contributed by atoms with E-state index in [1.807, 2.05) is 12.1 Å². The van der Waals surface area contributed by atoms with Crippen LogP contribution in [-0.2, 0) is 11.3 Å². The van der Waals surface area contributed by atoms with Gasteiger partial charge in [0.1, 0.15) is 0 Å². The standard InChI is InChI=1S/C11H16ClNOS/c12-11-5-4-10(15-11)8-14-7-9-3-1-2-6-13-9/h4-5,9,13H,1-3,6-8H2. The molecule has 1 aromatic rings. The number of rotatable bonds is 4. The summed E-state index contributed by atoms with van der Waals surface area (Å²) in [4.78, 5) is 1.20. The predicted molar refractivity (Wildman–Crippen MR) is 64.6 cm³/mol. The monoisotopic (exact) mass is 245 g/mol. The highest BCUT2D eigenvalue weighted by Crippen LogP contribution is 2.22. The lowest BCUT2D eigenvalue weighted by atomic mass is 10.1. The average molecular weight is 246 g/mol. The summed E-state index contributed by atoms with van der Waals surface area (Å²) < 4.78 is 6.50. The van der Waals surface area contributed by atoms with Crippen molar-refractivity contribution in [3.63, 3.8) is 0 Å². The molecular formula is C11H16ClNOS. The molecule has 0 aliphatic carbocycles. The van der Waals surface area contributed by atoms with Crippen molar-refractivity contribution in [2.24, 2.45) is 0 Å². The Hall–Kier alpha value is -0.0900. The SMILES string of the molecule is Clc1ccc(COCC2CCCCN2)s1. The van der Waals surface area contributed by atoms with Gasteiger partial charge in [0, 0.05) is 10.9 Å². The highest BCUT2D eigenvalue weighted by molar-refractivity contribution is 7.16. The summed E-state index contributed by atoms with van der Waals surface area (Å²) in [5, 5.41) is 3.46. The lowest BCUT2D eigenvalue weighted by molar-refractivity contribution is 0.0928. The van der Waals surface area contributed by atoms with E-state index in [2.05, 4.69) is 5.32 Å². The Bertz CT molecular complexity index is 297. The fraction of sp³-hybridized carbons (Fsp3) is 0.636. The molecule has 0 aromatic carbocycles. The van der Waals surface area contributed by atoms with Crippen LogP contribution in [0.15, 0.2) is 12.1 Å².